The molecule has 1 fully saturated rings. The molecule has 1 amide bonds. The Morgan fingerprint density at radius 3 is 1.42 bits per heavy atom. The van der Waals surface area contributed by atoms with Crippen molar-refractivity contribution in [2.45, 2.75) is 255 Å². The van der Waals surface area contributed by atoms with Gasteiger partial charge in [0.2, 0.25) is 5.91 Å². The fourth-order valence-corrected chi connectivity index (χ4v) is 8.55. The number of amides is 1. The zero-order chi connectivity index (χ0) is 44.4. The number of hydrogen-bond donors (Lipinski definition) is 9. The smallest absolute Gasteiger partial charge is 0.393 e. The summed E-state index contributed by atoms with van der Waals surface area (Å²) in [5.74, 6) is -0.601. The van der Waals surface area contributed by atoms with E-state index in [4.69, 9.17) is 9.05 Å². The lowest BCUT2D eigenvalue weighted by atomic mass is 9.85. The Morgan fingerprint density at radius 2 is 0.967 bits per heavy atom. The average molecular weight is 878 g/mol. The highest BCUT2D eigenvalue weighted by Crippen LogP contribution is 2.47. The van der Waals surface area contributed by atoms with E-state index in [1.165, 1.54) is 122 Å². The first kappa shape index (κ1) is 56.8. The third-order valence-electron chi connectivity index (χ3n) is 11.5. The number of carbonyl (C=O) groups is 1. The molecule has 0 bridgehead atoms. The lowest BCUT2D eigenvalue weighted by molar-refractivity contribution is -0.220. The molecule has 9 N–H and O–H groups in total. The zero-order valence-electron chi connectivity index (χ0n) is 37.4. The molecule has 8 unspecified atom stereocenters. The summed E-state index contributed by atoms with van der Waals surface area (Å²) >= 11 is 0. The van der Waals surface area contributed by atoms with Gasteiger partial charge in [-0.3, -0.25) is 13.8 Å². The first-order valence-corrected chi connectivity index (χ1v) is 25.4. The van der Waals surface area contributed by atoms with E-state index in [1.807, 2.05) is 0 Å². The van der Waals surface area contributed by atoms with Crippen molar-refractivity contribution in [1.29, 1.82) is 0 Å². The van der Waals surface area contributed by atoms with Gasteiger partial charge in [-0.15, -0.1) is 0 Å². The Bertz CT molecular complexity index is 1130. The molecule has 0 aromatic rings. The molecule has 0 heterocycles. The molecule has 1 saturated carbocycles. The number of phosphoric acid groups is 1. The van der Waals surface area contributed by atoms with Gasteiger partial charge in [0, 0.05) is 0 Å². The van der Waals surface area contributed by atoms with Crippen molar-refractivity contribution in [2.75, 3.05) is 6.61 Å². The van der Waals surface area contributed by atoms with Crippen LogP contribution >= 0.6 is 7.82 Å². The lowest BCUT2D eigenvalue weighted by Gasteiger charge is -2.41. The summed E-state index contributed by atoms with van der Waals surface area (Å²) in [6.07, 6.45) is 25.5. The predicted octanol–water partition coefficient (Wildman–Crippen LogP) is 7.98. The number of carbonyl (C=O) groups excluding carboxylic acids is 1. The Morgan fingerprint density at radius 1 is 0.583 bits per heavy atom. The third-order valence-corrected chi connectivity index (χ3v) is 12.5. The monoisotopic (exact) mass is 878 g/mol. The molecule has 13 nitrogen and oxygen atoms in total. The fraction of sp³-hybridized carbons (Fsp3) is 0.891. The van der Waals surface area contributed by atoms with Gasteiger partial charge >= 0.3 is 7.82 Å². The fourth-order valence-electron chi connectivity index (χ4n) is 7.59. The van der Waals surface area contributed by atoms with Crippen molar-refractivity contribution >= 4 is 13.7 Å². The van der Waals surface area contributed by atoms with E-state index in [0.717, 1.165) is 51.4 Å². The number of rotatable bonds is 39. The summed E-state index contributed by atoms with van der Waals surface area (Å²) < 4.78 is 22.9. The lowest BCUT2D eigenvalue weighted by Crippen LogP contribution is -2.64. The van der Waals surface area contributed by atoms with Crippen molar-refractivity contribution in [2.24, 2.45) is 0 Å². The van der Waals surface area contributed by atoms with Crippen LogP contribution in [0.3, 0.4) is 0 Å². The van der Waals surface area contributed by atoms with Gasteiger partial charge in [-0.2, -0.15) is 0 Å². The predicted molar refractivity (Wildman–Crippen MR) is 238 cm³/mol. The summed E-state index contributed by atoms with van der Waals surface area (Å²) in [5, 5.41) is 74.5. The molecule has 60 heavy (non-hydrogen) atoms. The second-order valence-electron chi connectivity index (χ2n) is 17.1. The second kappa shape index (κ2) is 36.2. The molecule has 1 rings (SSSR count). The molecular formula is C46H88NO12P. The van der Waals surface area contributed by atoms with Gasteiger partial charge in [-0.25, -0.2) is 4.57 Å². The maximum Gasteiger partial charge on any atom is 0.472 e. The first-order valence-electron chi connectivity index (χ1n) is 23.9. The number of nitrogens with one attached hydrogen (secondary N) is 1. The van der Waals surface area contributed by atoms with E-state index < -0.39 is 75.2 Å². The van der Waals surface area contributed by atoms with Crippen LogP contribution in [-0.4, -0.2) is 108 Å². The van der Waals surface area contributed by atoms with Crippen molar-refractivity contribution in [3.63, 3.8) is 0 Å². The van der Waals surface area contributed by atoms with Crippen LogP contribution < -0.4 is 5.32 Å². The second-order valence-corrected chi connectivity index (χ2v) is 18.5. The molecule has 0 spiro atoms. The molecule has 1 aliphatic rings. The minimum atomic E-state index is -5.14. The number of aliphatic hydroxyl groups is 7. The Labute approximate surface area is 363 Å². The van der Waals surface area contributed by atoms with Crippen LogP contribution in [0.15, 0.2) is 24.3 Å². The van der Waals surface area contributed by atoms with Crippen molar-refractivity contribution in [3.05, 3.63) is 24.3 Å². The highest BCUT2D eigenvalue weighted by Gasteiger charge is 2.51. The van der Waals surface area contributed by atoms with Crippen LogP contribution in [0.1, 0.15) is 200 Å². The van der Waals surface area contributed by atoms with Crippen LogP contribution in [0, 0.1) is 0 Å². The molecule has 14 heteroatoms. The Kier molecular flexibility index (Phi) is 34.2. The van der Waals surface area contributed by atoms with Crippen LogP contribution in [-0.2, 0) is 18.4 Å². The molecule has 0 saturated heterocycles. The molecule has 0 radical (unpaired) electrons. The molecule has 0 aliphatic heterocycles. The third kappa shape index (κ3) is 27.8. The van der Waals surface area contributed by atoms with E-state index in [9.17, 15) is 50.0 Å². The van der Waals surface area contributed by atoms with Gasteiger partial charge in [0.05, 0.1) is 31.3 Å². The van der Waals surface area contributed by atoms with Crippen LogP contribution in [0.2, 0.25) is 0 Å². The van der Waals surface area contributed by atoms with Crippen molar-refractivity contribution < 1.29 is 59.0 Å². The molecule has 1 aliphatic carbocycles. The van der Waals surface area contributed by atoms with Crippen molar-refractivity contribution in [3.8, 4) is 0 Å². The number of aliphatic hydroxyl groups excluding tert-OH is 7. The van der Waals surface area contributed by atoms with Crippen LogP contribution in [0.4, 0.5) is 0 Å². The summed E-state index contributed by atoms with van der Waals surface area (Å²) in [4.78, 5) is 23.4. The van der Waals surface area contributed by atoms with Gasteiger partial charge in [0.1, 0.15) is 36.6 Å². The number of phosphoric ester groups is 1. The largest absolute Gasteiger partial charge is 0.472 e. The molecular weight excluding hydrogens is 789 g/mol. The zero-order valence-corrected chi connectivity index (χ0v) is 38.3. The minimum absolute atomic E-state index is 0.254. The van der Waals surface area contributed by atoms with Gasteiger partial charge in [-0.05, 0) is 44.9 Å². The highest BCUT2D eigenvalue weighted by molar-refractivity contribution is 7.47. The van der Waals surface area contributed by atoms with Gasteiger partial charge in [-0.1, -0.05) is 173 Å². The Balaban J connectivity index is 2.56. The standard InChI is InChI=1S/C46H88NO12P/c1-3-5-7-9-11-13-15-17-19-20-22-24-26-28-30-32-34-39(49)38(36-58-60(56,57)59-46-44(54)42(52)41(51)43(53)45(46)55)47-40(50)35-37(48)33-31-29-27-25-23-21-18-16-14-12-10-8-6-4-2/h21,23,32,34,37-39,41-46,48-49,51-55H,3-20,22,24-31,33,35-36H2,1-2H3,(H,47,50)(H,56,57)/b23-21-,34-32+. The molecule has 0 aromatic heterocycles. The van der Waals surface area contributed by atoms with Gasteiger partial charge < -0.3 is 46.0 Å². The van der Waals surface area contributed by atoms with E-state index in [1.54, 1.807) is 6.08 Å². The van der Waals surface area contributed by atoms with Crippen molar-refractivity contribution in [1.82, 2.24) is 5.32 Å². The SMILES string of the molecule is CCCCCCCCC/C=C\CCCCCC(O)CC(=O)NC(COP(=O)(O)OC1C(O)C(O)C(O)C(O)C1O)C(O)/C=C/CCCCCCCCCCCCCCCC. The van der Waals surface area contributed by atoms with Crippen LogP contribution in [0.25, 0.3) is 0 Å². The maximum atomic E-state index is 13.0. The minimum Gasteiger partial charge on any atom is -0.393 e. The van der Waals surface area contributed by atoms with E-state index >= 15 is 0 Å². The Hall–Kier alpha value is -1.22. The topological polar surface area (TPSA) is 226 Å². The molecule has 8 atom stereocenters. The highest BCUT2D eigenvalue weighted by atomic mass is 31.2. The maximum absolute atomic E-state index is 13.0. The summed E-state index contributed by atoms with van der Waals surface area (Å²) in [6, 6.07) is -1.24. The summed E-state index contributed by atoms with van der Waals surface area (Å²) in [6.45, 7) is 3.73. The quantitative estimate of drug-likeness (QED) is 0.0163. The average Bonchev–Trinajstić information content (AvgIpc) is 3.22. The van der Waals surface area contributed by atoms with Gasteiger partial charge in [0.25, 0.3) is 0 Å². The molecule has 354 valence electrons. The van der Waals surface area contributed by atoms with E-state index in [-0.39, 0.29) is 6.42 Å². The van der Waals surface area contributed by atoms with E-state index in [0.29, 0.717) is 12.8 Å². The normalized spacial score (nSPS) is 23.6. The summed E-state index contributed by atoms with van der Waals surface area (Å²) in [5.41, 5.74) is 0. The van der Waals surface area contributed by atoms with Crippen LogP contribution in [0.5, 0.6) is 0 Å². The first-order chi connectivity index (χ1) is 28.8. The summed E-state index contributed by atoms with van der Waals surface area (Å²) in [7, 11) is -5.14. The number of unbranched alkanes of at least 4 members (excludes halogenated alkanes) is 24. The number of allylic oxidation sites excluding steroid dienone is 3. The number of hydrogen-bond acceptors (Lipinski definition) is 11. The molecule has 0 aromatic carbocycles. The van der Waals surface area contributed by atoms with Gasteiger partial charge in [0.15, 0.2) is 0 Å². The van der Waals surface area contributed by atoms with E-state index in [2.05, 4.69) is 31.3 Å².